The van der Waals surface area contributed by atoms with E-state index in [9.17, 15) is 14.3 Å². The summed E-state index contributed by atoms with van der Waals surface area (Å²) >= 11 is 0. The number of benzene rings is 2. The molecule has 4 aliphatic rings. The van der Waals surface area contributed by atoms with Crippen molar-refractivity contribution in [3.8, 4) is 35.4 Å². The van der Waals surface area contributed by atoms with Gasteiger partial charge < -0.3 is 34.3 Å². The largest absolute Gasteiger partial charge is 0.508 e. The number of aldehydes is 1. The van der Waals surface area contributed by atoms with Gasteiger partial charge in [-0.1, -0.05) is 31.0 Å². The summed E-state index contributed by atoms with van der Waals surface area (Å²) in [5.41, 5.74) is 0.0477. The maximum absolute atomic E-state index is 16.9. The van der Waals surface area contributed by atoms with Gasteiger partial charge in [0.15, 0.2) is 11.6 Å². The predicted octanol–water partition coefficient (Wildman–Crippen LogP) is 5.90. The average Bonchev–Trinajstić information content (AvgIpc) is 3.80. The lowest BCUT2D eigenvalue weighted by atomic mass is 9.79. The van der Waals surface area contributed by atoms with Gasteiger partial charge in [-0.25, -0.2) is 8.78 Å². The molecule has 0 aliphatic carbocycles. The van der Waals surface area contributed by atoms with Gasteiger partial charge in [-0.2, -0.15) is 9.97 Å². The minimum absolute atomic E-state index is 0.0294. The zero-order valence-electron chi connectivity index (χ0n) is 32.1. The molecule has 0 amide bonds. The number of piperazine rings is 1. The number of terminal acetylenes is 1. The summed E-state index contributed by atoms with van der Waals surface area (Å²) in [5.74, 6) is 3.96. The number of hydrogen-bond donors (Lipinski definition) is 2. The molecule has 4 fully saturated rings. The molecule has 0 spiro atoms. The fourth-order valence-electron chi connectivity index (χ4n) is 9.29. The molecule has 4 saturated heterocycles. The molecule has 7 heterocycles. The van der Waals surface area contributed by atoms with Crippen molar-refractivity contribution in [2.24, 2.45) is 17.8 Å². The van der Waals surface area contributed by atoms with Crippen LogP contribution in [0.2, 0.25) is 0 Å². The molecular formula is C43H46F2N8O4. The molecule has 3 aromatic heterocycles. The van der Waals surface area contributed by atoms with Crippen LogP contribution in [0.1, 0.15) is 56.8 Å². The lowest BCUT2D eigenvalue weighted by molar-refractivity contribution is -0.110. The Morgan fingerprint density at radius 2 is 1.81 bits per heavy atom. The van der Waals surface area contributed by atoms with E-state index in [4.69, 9.17) is 20.7 Å². The van der Waals surface area contributed by atoms with Gasteiger partial charge in [0.25, 0.3) is 0 Å². The molecule has 0 saturated carbocycles. The van der Waals surface area contributed by atoms with Gasteiger partial charge in [-0.3, -0.25) is 9.88 Å². The number of aromatic nitrogens is 4. The molecular weight excluding hydrogens is 731 g/mol. The molecule has 5 aromatic rings. The normalized spacial score (nSPS) is 21.0. The van der Waals surface area contributed by atoms with E-state index in [1.807, 2.05) is 19.9 Å². The summed E-state index contributed by atoms with van der Waals surface area (Å²) in [6.07, 6.45) is 12.5. The highest BCUT2D eigenvalue weighted by Gasteiger charge is 2.38. The van der Waals surface area contributed by atoms with Crippen LogP contribution in [-0.2, 0) is 4.79 Å². The van der Waals surface area contributed by atoms with E-state index in [-0.39, 0.29) is 51.3 Å². The smallest absolute Gasteiger partial charge is 0.319 e. The van der Waals surface area contributed by atoms with Crippen molar-refractivity contribution in [2.75, 3.05) is 62.2 Å². The van der Waals surface area contributed by atoms with E-state index in [1.54, 1.807) is 6.20 Å². The first-order valence-electron chi connectivity index (χ1n) is 20.0. The van der Waals surface area contributed by atoms with Crippen molar-refractivity contribution < 1.29 is 27.9 Å². The summed E-state index contributed by atoms with van der Waals surface area (Å²) in [4.78, 5) is 32.3. The number of nitrogens with zero attached hydrogens (tertiary/aromatic N) is 7. The first-order valence-corrected chi connectivity index (χ1v) is 20.0. The van der Waals surface area contributed by atoms with Crippen LogP contribution >= 0.6 is 0 Å². The van der Waals surface area contributed by atoms with Crippen molar-refractivity contribution in [1.82, 2.24) is 30.3 Å². The number of phenols is 1. The average molecular weight is 777 g/mol. The van der Waals surface area contributed by atoms with Crippen LogP contribution < -0.4 is 19.9 Å². The molecule has 3 unspecified atom stereocenters. The fourth-order valence-corrected chi connectivity index (χ4v) is 9.29. The molecule has 2 aromatic carbocycles. The second-order valence-electron chi connectivity index (χ2n) is 16.4. The topological polar surface area (TPSA) is 133 Å². The second-order valence-corrected chi connectivity index (χ2v) is 16.4. The monoisotopic (exact) mass is 776 g/mol. The minimum atomic E-state index is -0.737. The van der Waals surface area contributed by atoms with Crippen molar-refractivity contribution in [3.63, 3.8) is 0 Å². The van der Waals surface area contributed by atoms with Crippen LogP contribution in [0.3, 0.4) is 0 Å². The van der Waals surface area contributed by atoms with Gasteiger partial charge in [0.1, 0.15) is 47.2 Å². The Kier molecular flexibility index (Phi) is 9.90. The molecule has 2 bridgehead atoms. The zero-order valence-corrected chi connectivity index (χ0v) is 32.1. The van der Waals surface area contributed by atoms with E-state index < -0.39 is 11.6 Å². The van der Waals surface area contributed by atoms with Crippen molar-refractivity contribution >= 4 is 39.6 Å². The third-order valence-corrected chi connectivity index (χ3v) is 12.5. The highest BCUT2D eigenvalue weighted by molar-refractivity contribution is 6.03. The third kappa shape index (κ3) is 7.01. The van der Waals surface area contributed by atoms with Crippen molar-refractivity contribution in [1.29, 1.82) is 0 Å². The fraction of sp³-hybridized carbons (Fsp3) is 0.465. The molecule has 0 radical (unpaired) electrons. The van der Waals surface area contributed by atoms with Gasteiger partial charge >= 0.3 is 6.01 Å². The number of pyridine rings is 1. The number of ether oxygens (including phenoxy) is 1. The third-order valence-electron chi connectivity index (χ3n) is 12.5. The maximum atomic E-state index is 16.9. The number of carbonyl (C=O) groups is 1. The van der Waals surface area contributed by atoms with Crippen molar-refractivity contribution in [2.45, 2.75) is 57.5 Å². The minimum Gasteiger partial charge on any atom is -0.508 e. The SMILES string of the molecule is C#Cc1c(F)ccc2cc(O)cc(-c3ncc4c(N5CC6CCC(C5)N6)nc(OCCN5CCC(C6CN(c7cc(C(C=O)C(C)C)on7)C6)CC5)nc4c3F)c12. The Hall–Kier alpha value is -5.39. The van der Waals surface area contributed by atoms with Gasteiger partial charge in [-0.15, -0.1) is 6.42 Å². The molecule has 14 heteroatoms. The molecule has 9 rings (SSSR count). The number of phenolic OH excluding ortho intramolecular Hbond substituents is 1. The predicted molar refractivity (Wildman–Crippen MR) is 212 cm³/mol. The zero-order chi connectivity index (χ0) is 39.4. The number of piperidine rings is 1. The molecule has 3 atom stereocenters. The Bertz CT molecular complexity index is 2360. The summed E-state index contributed by atoms with van der Waals surface area (Å²) < 4.78 is 43.5. The lowest BCUT2D eigenvalue weighted by Crippen LogP contribution is -2.52. The first kappa shape index (κ1) is 37.2. The Balaban J connectivity index is 0.903. The van der Waals surface area contributed by atoms with E-state index in [1.165, 1.54) is 24.3 Å². The molecule has 57 heavy (non-hydrogen) atoms. The second kappa shape index (κ2) is 15.2. The van der Waals surface area contributed by atoms with E-state index in [0.29, 0.717) is 72.5 Å². The number of rotatable bonds is 11. The summed E-state index contributed by atoms with van der Waals surface area (Å²) in [6.45, 7) is 10.2. The van der Waals surface area contributed by atoms with Crippen LogP contribution in [0.25, 0.3) is 32.9 Å². The number of likely N-dealkylation sites (tertiary alicyclic amines) is 1. The number of carbonyl (C=O) groups excluding carboxylic acids is 1. The first-order chi connectivity index (χ1) is 27.7. The van der Waals surface area contributed by atoms with Crippen molar-refractivity contribution in [3.05, 3.63) is 59.5 Å². The lowest BCUT2D eigenvalue weighted by Gasteiger charge is -2.46. The van der Waals surface area contributed by atoms with Crippen LogP contribution in [0.4, 0.5) is 20.4 Å². The number of anilines is 2. The van der Waals surface area contributed by atoms with Gasteiger partial charge in [0.2, 0.25) is 0 Å². The molecule has 12 nitrogen and oxygen atoms in total. The molecule has 296 valence electrons. The van der Waals surface area contributed by atoms with Crippen LogP contribution in [0.5, 0.6) is 11.8 Å². The van der Waals surface area contributed by atoms with Gasteiger partial charge in [0, 0.05) is 68.0 Å². The highest BCUT2D eigenvalue weighted by atomic mass is 19.1. The van der Waals surface area contributed by atoms with Crippen LogP contribution in [0.15, 0.2) is 41.1 Å². The summed E-state index contributed by atoms with van der Waals surface area (Å²) in [5, 5.41) is 19.7. The Labute approximate surface area is 329 Å². The number of fused-ring (bicyclic) bond motifs is 4. The molecule has 4 aliphatic heterocycles. The summed E-state index contributed by atoms with van der Waals surface area (Å²) in [7, 11) is 0. The van der Waals surface area contributed by atoms with Gasteiger partial charge in [0.05, 0.1) is 16.9 Å². The number of halogens is 2. The van der Waals surface area contributed by atoms with E-state index in [2.05, 4.69) is 41.1 Å². The maximum Gasteiger partial charge on any atom is 0.319 e. The van der Waals surface area contributed by atoms with E-state index in [0.717, 1.165) is 64.0 Å². The number of aromatic hydroxyl groups is 1. The standard InChI is InChI=1S/C43H46F2N8O4/c1-4-31-35(44)8-5-26-15-30(55)16-32(38(26)31)40-39(45)41-33(18-46-40)42(53-21-28-6-7-29(22-53)47-28)49-43(48-41)56-14-13-51-11-9-25(10-12-51)27-19-52(20-27)37-17-36(57-50-37)34(23-54)24(2)3/h1,5,8,15-18,23-25,27-29,34,47,55H,6-7,9-14,19-22H2,2-3H3. The van der Waals surface area contributed by atoms with Crippen LogP contribution in [-0.4, -0.2) is 101 Å². The number of nitrogens with one attached hydrogen (secondary N) is 1. The van der Waals surface area contributed by atoms with Crippen LogP contribution in [0, 0.1) is 41.7 Å². The number of hydrogen-bond acceptors (Lipinski definition) is 12. The summed E-state index contributed by atoms with van der Waals surface area (Å²) in [6, 6.07) is 8.13. The van der Waals surface area contributed by atoms with Gasteiger partial charge in [-0.05, 0) is 80.1 Å². The Morgan fingerprint density at radius 3 is 2.53 bits per heavy atom. The molecule has 2 N–H and O–H groups in total. The highest BCUT2D eigenvalue weighted by Crippen LogP contribution is 2.40. The van der Waals surface area contributed by atoms with E-state index >= 15 is 4.39 Å². The Morgan fingerprint density at radius 1 is 1.04 bits per heavy atom. The quantitative estimate of drug-likeness (QED) is 0.122.